The van der Waals surface area contributed by atoms with Crippen LogP contribution in [0.3, 0.4) is 0 Å². The second kappa shape index (κ2) is 11.6. The lowest BCUT2D eigenvalue weighted by molar-refractivity contribution is 0.0950. The van der Waals surface area contributed by atoms with Gasteiger partial charge in [-0.25, -0.2) is 13.1 Å². The van der Waals surface area contributed by atoms with Gasteiger partial charge in [-0.1, -0.05) is 51.0 Å². The van der Waals surface area contributed by atoms with Gasteiger partial charge in [0.15, 0.2) is 0 Å². The highest BCUT2D eigenvalue weighted by Crippen LogP contribution is 2.27. The third-order valence-corrected chi connectivity index (χ3v) is 7.71. The van der Waals surface area contributed by atoms with Gasteiger partial charge in [0.2, 0.25) is 10.0 Å². The Kier molecular flexibility index (Phi) is 8.88. The third kappa shape index (κ3) is 6.79. The molecule has 1 saturated carbocycles. The van der Waals surface area contributed by atoms with E-state index in [0.29, 0.717) is 6.54 Å². The number of nitrogens with one attached hydrogen (secondary N) is 2. The fraction of sp³-hybridized carbons (Fsp3) is 0.480. The normalized spacial score (nSPS) is 14.5. The predicted octanol–water partition coefficient (Wildman–Crippen LogP) is 3.69. The minimum atomic E-state index is -3.79. The molecular weight excluding hydrogens is 438 g/mol. The number of benzene rings is 2. The van der Waals surface area contributed by atoms with Gasteiger partial charge < -0.3 is 10.1 Å². The van der Waals surface area contributed by atoms with Crippen LogP contribution in [0.15, 0.2) is 47.4 Å². The SMILES string of the molecule is CCN(CC)Cc1ccc(CNC(=O)c2ccc(OC)c(S(=O)(=O)NC3CCCC3)c2)cc1. The zero-order chi connectivity index (χ0) is 23.8. The van der Waals surface area contributed by atoms with Crippen LogP contribution < -0.4 is 14.8 Å². The first-order valence-electron chi connectivity index (χ1n) is 11.6. The molecule has 1 amide bonds. The second-order valence-corrected chi connectivity index (χ2v) is 10.1. The highest BCUT2D eigenvalue weighted by Gasteiger charge is 2.26. The summed E-state index contributed by atoms with van der Waals surface area (Å²) in [5.41, 5.74) is 2.49. The van der Waals surface area contributed by atoms with Crippen LogP contribution in [0.4, 0.5) is 0 Å². The van der Waals surface area contributed by atoms with E-state index in [1.807, 2.05) is 12.1 Å². The first kappa shape index (κ1) is 25.2. The Morgan fingerprint density at radius 2 is 1.67 bits per heavy atom. The highest BCUT2D eigenvalue weighted by molar-refractivity contribution is 7.89. The van der Waals surface area contributed by atoms with Gasteiger partial charge in [0.05, 0.1) is 7.11 Å². The Morgan fingerprint density at radius 1 is 1.03 bits per heavy atom. The molecule has 0 bridgehead atoms. The zero-order valence-electron chi connectivity index (χ0n) is 19.8. The van der Waals surface area contributed by atoms with Crippen LogP contribution in [0.2, 0.25) is 0 Å². The van der Waals surface area contributed by atoms with Gasteiger partial charge in [-0.15, -0.1) is 0 Å². The molecule has 0 aromatic heterocycles. The lowest BCUT2D eigenvalue weighted by Crippen LogP contribution is -2.33. The maximum absolute atomic E-state index is 12.9. The average Bonchev–Trinajstić information content (AvgIpc) is 3.33. The Labute approximate surface area is 197 Å². The lowest BCUT2D eigenvalue weighted by atomic mass is 10.1. The molecule has 0 unspecified atom stereocenters. The molecule has 1 aliphatic carbocycles. The quantitative estimate of drug-likeness (QED) is 0.520. The molecule has 2 N–H and O–H groups in total. The number of ether oxygens (including phenoxy) is 1. The fourth-order valence-corrected chi connectivity index (χ4v) is 5.61. The van der Waals surface area contributed by atoms with Crippen LogP contribution >= 0.6 is 0 Å². The lowest BCUT2D eigenvalue weighted by Gasteiger charge is -2.18. The number of hydrogen-bond acceptors (Lipinski definition) is 5. The van der Waals surface area contributed by atoms with Crippen molar-refractivity contribution in [2.24, 2.45) is 0 Å². The van der Waals surface area contributed by atoms with Crippen molar-refractivity contribution in [3.8, 4) is 5.75 Å². The molecule has 0 spiro atoms. The van der Waals surface area contributed by atoms with E-state index in [0.717, 1.165) is 50.9 Å². The van der Waals surface area contributed by atoms with Crippen LogP contribution in [0.25, 0.3) is 0 Å². The number of methoxy groups -OCH3 is 1. The van der Waals surface area contributed by atoms with Crippen molar-refractivity contribution >= 4 is 15.9 Å². The molecule has 33 heavy (non-hydrogen) atoms. The van der Waals surface area contributed by atoms with Crippen molar-refractivity contribution in [3.63, 3.8) is 0 Å². The van der Waals surface area contributed by atoms with Crippen LogP contribution in [0.1, 0.15) is 61.0 Å². The number of carbonyl (C=O) groups excluding carboxylic acids is 1. The van der Waals surface area contributed by atoms with E-state index in [9.17, 15) is 13.2 Å². The first-order valence-corrected chi connectivity index (χ1v) is 13.1. The smallest absolute Gasteiger partial charge is 0.251 e. The van der Waals surface area contributed by atoms with E-state index >= 15 is 0 Å². The van der Waals surface area contributed by atoms with E-state index < -0.39 is 10.0 Å². The van der Waals surface area contributed by atoms with Gasteiger partial charge in [0.1, 0.15) is 10.6 Å². The highest BCUT2D eigenvalue weighted by atomic mass is 32.2. The molecule has 0 aliphatic heterocycles. The molecule has 0 atom stereocenters. The minimum Gasteiger partial charge on any atom is -0.495 e. The summed E-state index contributed by atoms with van der Waals surface area (Å²) in [6, 6.07) is 12.6. The largest absolute Gasteiger partial charge is 0.495 e. The summed E-state index contributed by atoms with van der Waals surface area (Å²) in [7, 11) is -2.36. The minimum absolute atomic E-state index is 0.00898. The number of rotatable bonds is 11. The third-order valence-electron chi connectivity index (χ3n) is 6.17. The Balaban J connectivity index is 1.67. The standard InChI is InChI=1S/C25H35N3O4S/c1-4-28(5-2)18-20-12-10-19(11-13-20)17-26-25(29)21-14-15-23(32-3)24(16-21)33(30,31)27-22-8-6-7-9-22/h10-16,22,27H,4-9,17-18H2,1-3H3,(H,26,29). The van der Waals surface area contributed by atoms with E-state index in [1.165, 1.54) is 24.8 Å². The molecule has 0 radical (unpaired) electrons. The van der Waals surface area contributed by atoms with Crippen molar-refractivity contribution in [2.45, 2.75) is 63.6 Å². The Morgan fingerprint density at radius 3 is 2.27 bits per heavy atom. The summed E-state index contributed by atoms with van der Waals surface area (Å²) in [4.78, 5) is 15.1. The van der Waals surface area contributed by atoms with Crippen LogP contribution in [-0.2, 0) is 23.1 Å². The Hall–Kier alpha value is -2.42. The number of hydrogen-bond donors (Lipinski definition) is 2. The molecule has 8 heteroatoms. The second-order valence-electron chi connectivity index (χ2n) is 8.43. The molecular formula is C25H35N3O4S. The van der Waals surface area contributed by atoms with E-state index in [1.54, 1.807) is 6.07 Å². The van der Waals surface area contributed by atoms with Crippen molar-refractivity contribution in [1.82, 2.24) is 14.9 Å². The molecule has 180 valence electrons. The maximum atomic E-state index is 12.9. The molecule has 1 fully saturated rings. The van der Waals surface area contributed by atoms with Crippen molar-refractivity contribution in [1.29, 1.82) is 0 Å². The van der Waals surface area contributed by atoms with Crippen molar-refractivity contribution < 1.29 is 17.9 Å². The number of sulfonamides is 1. The molecule has 3 rings (SSSR count). The maximum Gasteiger partial charge on any atom is 0.251 e. The molecule has 2 aromatic rings. The topological polar surface area (TPSA) is 87.7 Å². The molecule has 2 aromatic carbocycles. The number of carbonyl (C=O) groups is 1. The van der Waals surface area contributed by atoms with Gasteiger partial charge >= 0.3 is 0 Å². The van der Waals surface area contributed by atoms with Gasteiger partial charge in [-0.05, 0) is 55.3 Å². The molecule has 1 aliphatic rings. The molecule has 0 saturated heterocycles. The summed E-state index contributed by atoms with van der Waals surface area (Å²) in [5.74, 6) is -0.108. The fourth-order valence-electron chi connectivity index (χ4n) is 4.11. The van der Waals surface area contributed by atoms with Crippen molar-refractivity contribution in [3.05, 3.63) is 59.2 Å². The van der Waals surface area contributed by atoms with E-state index in [2.05, 4.69) is 40.9 Å². The van der Waals surface area contributed by atoms with Crippen LogP contribution in [-0.4, -0.2) is 45.5 Å². The number of amides is 1. The summed E-state index contributed by atoms with van der Waals surface area (Å²) >= 11 is 0. The summed E-state index contributed by atoms with van der Waals surface area (Å²) in [6.45, 7) is 7.56. The van der Waals surface area contributed by atoms with Gasteiger partial charge in [-0.3, -0.25) is 9.69 Å². The summed E-state index contributed by atoms with van der Waals surface area (Å²) in [5, 5.41) is 2.88. The molecule has 7 nitrogen and oxygen atoms in total. The Bertz CT molecular complexity index is 1030. The van der Waals surface area contributed by atoms with Gasteiger partial charge in [0, 0.05) is 24.7 Å². The number of nitrogens with zero attached hydrogens (tertiary/aromatic N) is 1. The molecule has 0 heterocycles. The predicted molar refractivity (Wildman–Crippen MR) is 130 cm³/mol. The summed E-state index contributed by atoms with van der Waals surface area (Å²) in [6.07, 6.45) is 3.69. The van der Waals surface area contributed by atoms with E-state index in [4.69, 9.17) is 4.74 Å². The monoisotopic (exact) mass is 473 g/mol. The van der Waals surface area contributed by atoms with Crippen LogP contribution in [0, 0.1) is 0 Å². The van der Waals surface area contributed by atoms with Crippen molar-refractivity contribution in [2.75, 3.05) is 20.2 Å². The first-order chi connectivity index (χ1) is 15.9. The zero-order valence-corrected chi connectivity index (χ0v) is 20.6. The van der Waals surface area contributed by atoms with Gasteiger partial charge in [0.25, 0.3) is 5.91 Å². The van der Waals surface area contributed by atoms with Gasteiger partial charge in [-0.2, -0.15) is 0 Å². The van der Waals surface area contributed by atoms with E-state index in [-0.39, 0.29) is 28.2 Å². The van der Waals surface area contributed by atoms with Crippen LogP contribution in [0.5, 0.6) is 5.75 Å². The summed E-state index contributed by atoms with van der Waals surface area (Å²) < 4.78 is 33.9. The average molecular weight is 474 g/mol.